The highest BCUT2D eigenvalue weighted by atomic mass is 32.2. The van der Waals surface area contributed by atoms with Crippen molar-refractivity contribution >= 4 is 23.4 Å². The Morgan fingerprint density at radius 1 is 1.50 bits per heavy atom. The summed E-state index contributed by atoms with van der Waals surface area (Å²) in [5, 5.41) is 0.734. The number of methoxy groups -OCH3 is 1. The Bertz CT molecular complexity index is 714. The first-order valence-electron chi connectivity index (χ1n) is 5.60. The van der Waals surface area contributed by atoms with Gasteiger partial charge in [0.15, 0.2) is 5.16 Å². The Morgan fingerprint density at radius 2 is 2.25 bits per heavy atom. The van der Waals surface area contributed by atoms with Crippen LogP contribution in [0.15, 0.2) is 33.3 Å². The van der Waals surface area contributed by atoms with Crippen molar-refractivity contribution in [1.82, 2.24) is 15.0 Å². The molecule has 0 aliphatic rings. The molecule has 2 aromatic rings. The average Bonchev–Trinajstić information content (AvgIpc) is 2.39. The number of aromatic nitrogens is 3. The van der Waals surface area contributed by atoms with Gasteiger partial charge in [0, 0.05) is 18.0 Å². The van der Waals surface area contributed by atoms with Gasteiger partial charge in [-0.15, -0.1) is 0 Å². The maximum Gasteiger partial charge on any atom is 0.340 e. The van der Waals surface area contributed by atoms with E-state index < -0.39 is 5.97 Å². The molecule has 0 radical (unpaired) electrons. The molecular formula is C12H12N4O3S. The van der Waals surface area contributed by atoms with Crippen LogP contribution in [-0.2, 0) is 4.74 Å². The van der Waals surface area contributed by atoms with Crippen LogP contribution in [0.4, 0.5) is 5.69 Å². The number of ether oxygens (including phenoxy) is 1. The Kier molecular flexibility index (Phi) is 4.04. The van der Waals surface area contributed by atoms with Crippen molar-refractivity contribution in [1.29, 1.82) is 0 Å². The van der Waals surface area contributed by atoms with Crippen LogP contribution in [0, 0.1) is 6.92 Å². The molecule has 0 atom stereocenters. The summed E-state index contributed by atoms with van der Waals surface area (Å²) < 4.78 is 4.63. The molecule has 3 N–H and O–H groups in total. The Labute approximate surface area is 118 Å². The number of aryl methyl sites for hydroxylation is 1. The second-order valence-corrected chi connectivity index (χ2v) is 4.84. The SMILES string of the molecule is COC(=O)c1ccnc(Sc2nc(C)cc(=O)[nH]2)c1N. The minimum atomic E-state index is -0.544. The van der Waals surface area contributed by atoms with Crippen molar-refractivity contribution in [2.45, 2.75) is 17.1 Å². The molecule has 0 fully saturated rings. The first-order valence-corrected chi connectivity index (χ1v) is 6.41. The Balaban J connectivity index is 2.39. The molecule has 0 spiro atoms. The van der Waals surface area contributed by atoms with Gasteiger partial charge in [0.1, 0.15) is 5.03 Å². The minimum absolute atomic E-state index is 0.188. The Morgan fingerprint density at radius 3 is 2.90 bits per heavy atom. The molecule has 0 bridgehead atoms. The van der Waals surface area contributed by atoms with Crippen molar-refractivity contribution in [3.05, 3.63) is 39.9 Å². The molecule has 8 heteroatoms. The summed E-state index contributed by atoms with van der Waals surface area (Å²) in [4.78, 5) is 33.7. The molecule has 0 saturated heterocycles. The van der Waals surface area contributed by atoms with Gasteiger partial charge in [-0.2, -0.15) is 0 Å². The third kappa shape index (κ3) is 2.97. The summed E-state index contributed by atoms with van der Waals surface area (Å²) >= 11 is 1.07. The molecule has 2 aromatic heterocycles. The first kappa shape index (κ1) is 14.1. The highest BCUT2D eigenvalue weighted by Crippen LogP contribution is 2.29. The molecular weight excluding hydrogens is 280 g/mol. The minimum Gasteiger partial charge on any atom is -0.465 e. The Hall–Kier alpha value is -2.35. The number of nitrogen functional groups attached to an aromatic ring is 1. The molecule has 2 heterocycles. The lowest BCUT2D eigenvalue weighted by molar-refractivity contribution is 0.0601. The number of anilines is 1. The van der Waals surface area contributed by atoms with Gasteiger partial charge in [-0.3, -0.25) is 4.79 Å². The molecule has 104 valence electrons. The first-order chi connectivity index (χ1) is 9.51. The molecule has 0 aromatic carbocycles. The number of pyridine rings is 1. The lowest BCUT2D eigenvalue weighted by Gasteiger charge is -2.07. The normalized spacial score (nSPS) is 10.3. The second kappa shape index (κ2) is 5.74. The van der Waals surface area contributed by atoms with Gasteiger partial charge in [-0.1, -0.05) is 0 Å². The number of aromatic amines is 1. The van der Waals surface area contributed by atoms with E-state index in [4.69, 9.17) is 5.73 Å². The second-order valence-electron chi connectivity index (χ2n) is 3.86. The van der Waals surface area contributed by atoms with Gasteiger partial charge >= 0.3 is 5.97 Å². The maximum atomic E-state index is 11.5. The molecule has 0 unspecified atom stereocenters. The van der Waals surface area contributed by atoms with Crippen molar-refractivity contribution in [2.75, 3.05) is 12.8 Å². The average molecular weight is 292 g/mol. The van der Waals surface area contributed by atoms with E-state index in [1.807, 2.05) is 0 Å². The number of carbonyl (C=O) groups is 1. The fourth-order valence-corrected chi connectivity index (χ4v) is 2.37. The van der Waals surface area contributed by atoms with Crippen molar-refractivity contribution in [3.8, 4) is 0 Å². The molecule has 0 aliphatic carbocycles. The highest BCUT2D eigenvalue weighted by Gasteiger charge is 2.15. The van der Waals surface area contributed by atoms with Crippen LogP contribution in [0.1, 0.15) is 16.1 Å². The third-order valence-corrected chi connectivity index (χ3v) is 3.31. The fraction of sp³-hybridized carbons (Fsp3) is 0.167. The number of nitrogens with one attached hydrogen (secondary N) is 1. The largest absolute Gasteiger partial charge is 0.465 e. The van der Waals surface area contributed by atoms with Crippen molar-refractivity contribution in [3.63, 3.8) is 0 Å². The van der Waals surface area contributed by atoms with Crippen LogP contribution < -0.4 is 11.3 Å². The van der Waals surface area contributed by atoms with Gasteiger partial charge in [0.05, 0.1) is 18.4 Å². The van der Waals surface area contributed by atoms with Crippen LogP contribution in [0.3, 0.4) is 0 Å². The van der Waals surface area contributed by atoms with E-state index in [-0.39, 0.29) is 16.8 Å². The quantitative estimate of drug-likeness (QED) is 0.641. The molecule has 0 aliphatic heterocycles. The predicted molar refractivity (Wildman–Crippen MR) is 73.7 cm³/mol. The van der Waals surface area contributed by atoms with Crippen molar-refractivity contribution in [2.24, 2.45) is 0 Å². The maximum absolute atomic E-state index is 11.5. The number of H-pyrrole nitrogens is 1. The summed E-state index contributed by atoms with van der Waals surface area (Å²) in [5.41, 5.74) is 6.61. The number of esters is 1. The van der Waals surface area contributed by atoms with Crippen LogP contribution in [0.5, 0.6) is 0 Å². The number of rotatable bonds is 3. The van der Waals surface area contributed by atoms with Gasteiger partial charge in [0.25, 0.3) is 5.56 Å². The lowest BCUT2D eigenvalue weighted by atomic mass is 10.2. The van der Waals surface area contributed by atoms with Gasteiger partial charge in [-0.25, -0.2) is 14.8 Å². The fourth-order valence-electron chi connectivity index (χ4n) is 1.51. The van der Waals surface area contributed by atoms with E-state index >= 15 is 0 Å². The van der Waals surface area contributed by atoms with Crippen molar-refractivity contribution < 1.29 is 9.53 Å². The number of nitrogens with two attached hydrogens (primary N) is 1. The zero-order chi connectivity index (χ0) is 14.7. The zero-order valence-electron chi connectivity index (χ0n) is 10.8. The summed E-state index contributed by atoms with van der Waals surface area (Å²) in [6, 6.07) is 2.85. The van der Waals surface area contributed by atoms with E-state index in [2.05, 4.69) is 19.7 Å². The van der Waals surface area contributed by atoms with E-state index in [1.54, 1.807) is 6.92 Å². The standard InChI is InChI=1S/C12H12N4O3S/c1-6-5-8(17)16-12(15-6)20-10-9(13)7(3-4-14-10)11(18)19-2/h3-5H,13H2,1-2H3,(H,15,16,17). The molecule has 20 heavy (non-hydrogen) atoms. The lowest BCUT2D eigenvalue weighted by Crippen LogP contribution is -2.09. The molecule has 7 nitrogen and oxygen atoms in total. The van der Waals surface area contributed by atoms with Crippen LogP contribution in [-0.4, -0.2) is 28.0 Å². The topological polar surface area (TPSA) is 111 Å². The smallest absolute Gasteiger partial charge is 0.340 e. The number of carbonyl (C=O) groups excluding carboxylic acids is 1. The van der Waals surface area contributed by atoms with Gasteiger partial charge < -0.3 is 15.5 Å². The zero-order valence-corrected chi connectivity index (χ0v) is 11.7. The molecule has 0 saturated carbocycles. The predicted octanol–water partition coefficient (Wildman–Crippen LogP) is 0.993. The van der Waals surface area contributed by atoms with E-state index in [0.717, 1.165) is 11.8 Å². The van der Waals surface area contributed by atoms with E-state index in [0.29, 0.717) is 15.9 Å². The summed E-state index contributed by atoms with van der Waals surface area (Å²) in [6.45, 7) is 1.71. The number of hydrogen-bond donors (Lipinski definition) is 2. The summed E-state index contributed by atoms with van der Waals surface area (Å²) in [7, 11) is 1.27. The molecule has 2 rings (SSSR count). The van der Waals surface area contributed by atoms with E-state index in [1.165, 1.54) is 25.4 Å². The van der Waals surface area contributed by atoms with Gasteiger partial charge in [-0.05, 0) is 24.8 Å². The van der Waals surface area contributed by atoms with Crippen LogP contribution in [0.2, 0.25) is 0 Å². The third-order valence-electron chi connectivity index (χ3n) is 2.40. The highest BCUT2D eigenvalue weighted by molar-refractivity contribution is 7.99. The number of hydrogen-bond acceptors (Lipinski definition) is 7. The molecule has 0 amide bonds. The summed E-state index contributed by atoms with van der Waals surface area (Å²) in [5.74, 6) is -0.544. The van der Waals surface area contributed by atoms with Crippen LogP contribution >= 0.6 is 11.8 Å². The van der Waals surface area contributed by atoms with E-state index in [9.17, 15) is 9.59 Å². The van der Waals surface area contributed by atoms with Gasteiger partial charge in [0.2, 0.25) is 0 Å². The number of nitrogens with zero attached hydrogens (tertiary/aromatic N) is 2. The summed E-state index contributed by atoms with van der Waals surface area (Å²) in [6.07, 6.45) is 1.44. The monoisotopic (exact) mass is 292 g/mol. The van der Waals surface area contributed by atoms with Crippen LogP contribution in [0.25, 0.3) is 0 Å².